The first-order chi connectivity index (χ1) is 15.6. The van der Waals surface area contributed by atoms with E-state index in [-0.39, 0.29) is 12.3 Å². The number of aromatic nitrogens is 1. The van der Waals surface area contributed by atoms with Crippen LogP contribution < -0.4 is 20.1 Å². The highest BCUT2D eigenvalue weighted by Gasteiger charge is 2.13. The summed E-state index contributed by atoms with van der Waals surface area (Å²) in [5, 5.41) is 6.15. The third kappa shape index (κ3) is 5.31. The summed E-state index contributed by atoms with van der Waals surface area (Å²) in [5.74, 6) is 0.677. The number of carbonyl (C=O) groups is 1. The molecule has 0 spiro atoms. The maximum Gasteiger partial charge on any atom is 0.349 e. The predicted octanol–water partition coefficient (Wildman–Crippen LogP) is 4.74. The maximum atomic E-state index is 14.4. The summed E-state index contributed by atoms with van der Waals surface area (Å²) in [6.07, 6.45) is 2.25. The van der Waals surface area contributed by atoms with Crippen molar-refractivity contribution in [2.75, 3.05) is 30.5 Å². The second-order valence-corrected chi connectivity index (χ2v) is 6.72. The zero-order valence-corrected chi connectivity index (χ0v) is 17.3. The summed E-state index contributed by atoms with van der Waals surface area (Å²) in [6, 6.07) is 13.9. The average Bonchev–Trinajstić information content (AvgIpc) is 2.80. The Bertz CT molecular complexity index is 1150. The molecular formula is C23H21FN4O4. The minimum absolute atomic E-state index is 0.246. The van der Waals surface area contributed by atoms with Gasteiger partial charge in [-0.1, -0.05) is 6.07 Å². The number of hydrogen-bond donors (Lipinski definition) is 2. The lowest BCUT2D eigenvalue weighted by Gasteiger charge is -2.19. The highest BCUT2D eigenvalue weighted by atomic mass is 19.1. The lowest BCUT2D eigenvalue weighted by Crippen LogP contribution is -2.15. The van der Waals surface area contributed by atoms with Gasteiger partial charge in [-0.15, -0.1) is 0 Å². The molecule has 0 aliphatic carbocycles. The molecule has 1 aromatic heterocycles. The molecule has 2 aromatic carbocycles. The molecule has 0 radical (unpaired) electrons. The molecule has 9 heteroatoms. The van der Waals surface area contributed by atoms with Crippen molar-refractivity contribution < 1.29 is 23.4 Å². The summed E-state index contributed by atoms with van der Waals surface area (Å²) in [5.41, 5.74) is 2.13. The first-order valence-corrected chi connectivity index (χ1v) is 10.0. The molecule has 0 fully saturated rings. The van der Waals surface area contributed by atoms with E-state index in [2.05, 4.69) is 20.6 Å². The molecule has 2 N–H and O–H groups in total. The van der Waals surface area contributed by atoms with E-state index < -0.39 is 11.8 Å². The van der Waals surface area contributed by atoms with E-state index >= 15 is 0 Å². The van der Waals surface area contributed by atoms with Crippen LogP contribution in [-0.4, -0.2) is 37.0 Å². The molecule has 0 amide bonds. The monoisotopic (exact) mass is 436 g/mol. The number of hydrogen-bond acceptors (Lipinski definition) is 8. The molecular weight excluding hydrogens is 415 g/mol. The topological polar surface area (TPSA) is 94.1 Å². The summed E-state index contributed by atoms with van der Waals surface area (Å²) in [6.45, 7) is 2.98. The second-order valence-electron chi connectivity index (χ2n) is 6.72. The molecule has 32 heavy (non-hydrogen) atoms. The first kappa shape index (κ1) is 21.1. The van der Waals surface area contributed by atoms with Crippen molar-refractivity contribution in [3.05, 3.63) is 60.5 Å². The van der Waals surface area contributed by atoms with Gasteiger partial charge in [0.15, 0.2) is 17.3 Å². The zero-order valence-electron chi connectivity index (χ0n) is 17.3. The van der Waals surface area contributed by atoms with E-state index in [1.807, 2.05) is 6.07 Å². The number of pyridine rings is 1. The Morgan fingerprint density at radius 2 is 1.94 bits per heavy atom. The Kier molecular flexibility index (Phi) is 6.45. The normalized spacial score (nSPS) is 12.4. The fraction of sp³-hybridized carbons (Fsp3) is 0.174. The molecule has 0 atom stereocenters. The number of nitrogens with one attached hydrogen (secondary N) is 2. The Balaban J connectivity index is 1.48. The number of ether oxygens (including phenoxy) is 3. The molecule has 0 saturated carbocycles. The Morgan fingerprint density at radius 1 is 1.12 bits per heavy atom. The van der Waals surface area contributed by atoms with Gasteiger partial charge in [-0.05, 0) is 37.3 Å². The van der Waals surface area contributed by atoms with E-state index in [0.29, 0.717) is 47.6 Å². The maximum absolute atomic E-state index is 14.4. The highest BCUT2D eigenvalue weighted by Crippen LogP contribution is 2.34. The van der Waals surface area contributed by atoms with Crippen molar-refractivity contribution in [3.63, 3.8) is 0 Å². The van der Waals surface area contributed by atoms with Crippen LogP contribution in [0.25, 0.3) is 0 Å². The third-order valence-corrected chi connectivity index (χ3v) is 4.40. The van der Waals surface area contributed by atoms with E-state index in [1.165, 1.54) is 0 Å². The third-order valence-electron chi connectivity index (χ3n) is 4.40. The molecule has 4 rings (SSSR count). The van der Waals surface area contributed by atoms with Crippen molar-refractivity contribution in [2.45, 2.75) is 6.92 Å². The zero-order chi connectivity index (χ0) is 22.3. The van der Waals surface area contributed by atoms with Crippen molar-refractivity contribution in [3.8, 4) is 11.5 Å². The largest absolute Gasteiger partial charge is 0.486 e. The van der Waals surface area contributed by atoms with Crippen LogP contribution in [0.3, 0.4) is 0 Å². The van der Waals surface area contributed by atoms with Crippen LogP contribution in [0.4, 0.5) is 33.0 Å². The van der Waals surface area contributed by atoms with Crippen molar-refractivity contribution in [1.82, 2.24) is 4.98 Å². The van der Waals surface area contributed by atoms with Gasteiger partial charge in [-0.3, -0.25) is 0 Å². The van der Waals surface area contributed by atoms with Crippen LogP contribution in [0.15, 0.2) is 59.7 Å². The molecule has 1 aliphatic rings. The minimum atomic E-state index is -0.513. The smallest absolute Gasteiger partial charge is 0.349 e. The second kappa shape index (κ2) is 9.78. The van der Waals surface area contributed by atoms with Gasteiger partial charge in [0.05, 0.1) is 24.2 Å². The predicted molar refractivity (Wildman–Crippen MR) is 119 cm³/mol. The fourth-order valence-corrected chi connectivity index (χ4v) is 3.00. The number of halogens is 1. The number of carbonyl (C=O) groups excluding carboxylic acids is 1. The fourth-order valence-electron chi connectivity index (χ4n) is 3.00. The summed E-state index contributed by atoms with van der Waals surface area (Å²) in [7, 11) is 0. The molecule has 0 unspecified atom stereocenters. The van der Waals surface area contributed by atoms with E-state index in [9.17, 15) is 9.18 Å². The van der Waals surface area contributed by atoms with Crippen LogP contribution in [-0.2, 0) is 9.53 Å². The van der Waals surface area contributed by atoms with Crippen molar-refractivity contribution in [1.29, 1.82) is 0 Å². The molecule has 164 valence electrons. The quantitative estimate of drug-likeness (QED) is 0.408. The number of fused-ring (bicyclic) bond motifs is 1. The average molecular weight is 436 g/mol. The van der Waals surface area contributed by atoms with Gasteiger partial charge in [0, 0.05) is 23.5 Å². The number of nitrogens with zero attached hydrogens (tertiary/aromatic N) is 2. The van der Waals surface area contributed by atoms with E-state index in [4.69, 9.17) is 14.2 Å². The lowest BCUT2D eigenvalue weighted by atomic mass is 10.2. The van der Waals surface area contributed by atoms with Crippen LogP contribution in [0.1, 0.15) is 6.92 Å². The van der Waals surface area contributed by atoms with Crippen molar-refractivity contribution >= 4 is 40.8 Å². The SMILES string of the molecule is CCOC(=O)C=Nc1cccc(Nc2cc(Nc3ccc4c(c3)OCCO4)c(F)cn2)c1. The molecule has 0 saturated heterocycles. The van der Waals surface area contributed by atoms with Crippen LogP contribution in [0.2, 0.25) is 0 Å². The molecule has 1 aliphatic heterocycles. The number of benzene rings is 2. The lowest BCUT2D eigenvalue weighted by molar-refractivity contribution is -0.134. The Labute approximate surface area is 184 Å². The van der Waals surface area contributed by atoms with E-state index in [1.54, 1.807) is 49.4 Å². The van der Waals surface area contributed by atoms with Gasteiger partial charge >= 0.3 is 5.97 Å². The molecule has 3 aromatic rings. The van der Waals surface area contributed by atoms with Gasteiger partial charge in [0.1, 0.15) is 25.2 Å². The number of rotatable bonds is 7. The Morgan fingerprint density at radius 3 is 2.78 bits per heavy atom. The van der Waals surface area contributed by atoms with Gasteiger partial charge in [-0.2, -0.15) is 0 Å². The van der Waals surface area contributed by atoms with Gasteiger partial charge in [-0.25, -0.2) is 19.2 Å². The van der Waals surface area contributed by atoms with Crippen LogP contribution >= 0.6 is 0 Å². The van der Waals surface area contributed by atoms with Crippen molar-refractivity contribution in [2.24, 2.45) is 4.99 Å². The van der Waals surface area contributed by atoms with Crippen LogP contribution in [0.5, 0.6) is 11.5 Å². The molecule has 8 nitrogen and oxygen atoms in total. The number of aliphatic imine (C=N–C) groups is 1. The van der Waals surface area contributed by atoms with Gasteiger partial charge in [0.25, 0.3) is 0 Å². The van der Waals surface area contributed by atoms with Crippen LogP contribution in [0, 0.1) is 5.82 Å². The first-order valence-electron chi connectivity index (χ1n) is 10.0. The number of anilines is 4. The molecule has 2 heterocycles. The van der Waals surface area contributed by atoms with Gasteiger partial charge in [0.2, 0.25) is 0 Å². The summed E-state index contributed by atoms with van der Waals surface area (Å²) >= 11 is 0. The highest BCUT2D eigenvalue weighted by molar-refractivity contribution is 6.23. The summed E-state index contributed by atoms with van der Waals surface area (Å²) < 4.78 is 30.3. The standard InChI is InChI=1S/C23H21FN4O4/c1-2-30-23(29)14-25-15-4-3-5-16(10-15)28-22-12-19(18(24)13-26-22)27-17-6-7-20-21(11-17)32-9-8-31-20/h3-7,10-14H,2,8-9H2,1H3,(H2,26,27,28). The number of esters is 1. The summed E-state index contributed by atoms with van der Waals surface area (Å²) in [4.78, 5) is 19.6. The minimum Gasteiger partial charge on any atom is -0.486 e. The van der Waals surface area contributed by atoms with E-state index in [0.717, 1.165) is 12.4 Å². The van der Waals surface area contributed by atoms with Gasteiger partial charge < -0.3 is 24.8 Å². The molecule has 0 bridgehead atoms. The Hall–Kier alpha value is -4.14.